The molecule has 0 aromatic heterocycles. The molecule has 2 saturated heterocycles. The maximum atomic E-state index is 2.66. The lowest BCUT2D eigenvalue weighted by Crippen LogP contribution is -2.41. The molecule has 1 heteroatoms. The fourth-order valence-corrected chi connectivity index (χ4v) is 3.64. The fraction of sp³-hybridized carbons (Fsp3) is 1.00. The third kappa shape index (κ3) is 0.891. The Morgan fingerprint density at radius 1 is 1.33 bits per heavy atom. The van der Waals surface area contributed by atoms with Crippen molar-refractivity contribution in [3.05, 3.63) is 0 Å². The molecule has 1 nitrogen and oxygen atoms in total. The molecule has 4 fully saturated rings. The van der Waals surface area contributed by atoms with Crippen molar-refractivity contribution >= 4 is 0 Å². The van der Waals surface area contributed by atoms with Gasteiger partial charge in [0.05, 0.1) is 0 Å². The van der Waals surface area contributed by atoms with Crippen LogP contribution in [0.3, 0.4) is 0 Å². The first-order chi connectivity index (χ1) is 5.82. The van der Waals surface area contributed by atoms with E-state index in [9.17, 15) is 0 Å². The third-order valence-electron chi connectivity index (χ3n) is 4.51. The van der Waals surface area contributed by atoms with Crippen LogP contribution in [0.4, 0.5) is 0 Å². The van der Waals surface area contributed by atoms with Gasteiger partial charge >= 0.3 is 0 Å². The highest BCUT2D eigenvalue weighted by molar-refractivity contribution is 5.11. The Morgan fingerprint density at radius 3 is 2.92 bits per heavy atom. The summed E-state index contributed by atoms with van der Waals surface area (Å²) in [6, 6.07) is 0. The Hall–Kier alpha value is -0.0400. The lowest BCUT2D eigenvalue weighted by atomic mass is 9.69. The van der Waals surface area contributed by atoms with Gasteiger partial charge in [-0.3, -0.25) is 0 Å². The summed E-state index contributed by atoms with van der Waals surface area (Å²) in [5.41, 5.74) is 0.921. The van der Waals surface area contributed by atoms with Crippen LogP contribution in [0.2, 0.25) is 0 Å². The molecule has 1 unspecified atom stereocenters. The zero-order valence-electron chi connectivity index (χ0n) is 8.05. The standard InChI is InChI=1S/C11H19N/c1-2-12-4-3-10-7-11(10)5-9(6-11)8-12/h9-10H,2-8H2,1H3. The minimum atomic E-state index is 0.921. The van der Waals surface area contributed by atoms with E-state index in [1.54, 1.807) is 19.3 Å². The minimum Gasteiger partial charge on any atom is -0.303 e. The highest BCUT2D eigenvalue weighted by atomic mass is 15.1. The average Bonchev–Trinajstić information content (AvgIpc) is 2.61. The third-order valence-corrected chi connectivity index (χ3v) is 4.51. The molecule has 0 N–H and O–H groups in total. The molecule has 12 heavy (non-hydrogen) atoms. The number of hydrogen-bond donors (Lipinski definition) is 0. The molecule has 4 aliphatic rings. The van der Waals surface area contributed by atoms with Gasteiger partial charge in [-0.2, -0.15) is 0 Å². The van der Waals surface area contributed by atoms with Crippen molar-refractivity contribution in [2.24, 2.45) is 17.3 Å². The van der Waals surface area contributed by atoms with Crippen molar-refractivity contribution in [2.45, 2.75) is 32.6 Å². The largest absolute Gasteiger partial charge is 0.303 e. The molecule has 2 aliphatic heterocycles. The van der Waals surface area contributed by atoms with Crippen molar-refractivity contribution in [3.63, 3.8) is 0 Å². The Morgan fingerprint density at radius 2 is 2.17 bits per heavy atom. The average molecular weight is 165 g/mol. The van der Waals surface area contributed by atoms with Crippen LogP contribution in [0.15, 0.2) is 0 Å². The molecule has 1 atom stereocenters. The molecular weight excluding hydrogens is 146 g/mol. The van der Waals surface area contributed by atoms with Crippen molar-refractivity contribution in [3.8, 4) is 0 Å². The van der Waals surface area contributed by atoms with Crippen molar-refractivity contribution in [2.75, 3.05) is 19.6 Å². The molecule has 0 aromatic carbocycles. The normalized spacial score (nSPS) is 51.8. The summed E-state index contributed by atoms with van der Waals surface area (Å²) in [6.45, 7) is 6.38. The minimum absolute atomic E-state index is 0.921. The predicted molar refractivity (Wildman–Crippen MR) is 50.0 cm³/mol. The van der Waals surface area contributed by atoms with Crippen LogP contribution in [-0.4, -0.2) is 24.5 Å². The topological polar surface area (TPSA) is 3.24 Å². The first kappa shape index (κ1) is 7.37. The summed E-state index contributed by atoms with van der Waals surface area (Å²) in [7, 11) is 0. The zero-order valence-corrected chi connectivity index (χ0v) is 8.05. The van der Waals surface area contributed by atoms with Crippen LogP contribution in [0.25, 0.3) is 0 Å². The first-order valence-corrected chi connectivity index (χ1v) is 5.55. The quantitative estimate of drug-likeness (QED) is 0.575. The van der Waals surface area contributed by atoms with E-state index in [0.29, 0.717) is 0 Å². The number of hydrogen-bond acceptors (Lipinski definition) is 1. The van der Waals surface area contributed by atoms with Crippen LogP contribution < -0.4 is 0 Å². The van der Waals surface area contributed by atoms with Crippen molar-refractivity contribution < 1.29 is 0 Å². The van der Waals surface area contributed by atoms with Gasteiger partial charge in [0.2, 0.25) is 0 Å². The Bertz CT molecular complexity index is 193. The van der Waals surface area contributed by atoms with Gasteiger partial charge in [-0.15, -0.1) is 0 Å². The van der Waals surface area contributed by atoms with Gasteiger partial charge in [0.15, 0.2) is 0 Å². The molecule has 68 valence electrons. The maximum absolute atomic E-state index is 2.66. The van der Waals surface area contributed by atoms with Crippen LogP contribution in [0.5, 0.6) is 0 Å². The Kier molecular flexibility index (Phi) is 1.39. The van der Waals surface area contributed by atoms with Crippen LogP contribution >= 0.6 is 0 Å². The molecule has 2 bridgehead atoms. The van der Waals surface area contributed by atoms with Gasteiger partial charge in [-0.05, 0) is 56.0 Å². The Balaban J connectivity index is 1.69. The van der Waals surface area contributed by atoms with E-state index >= 15 is 0 Å². The van der Waals surface area contributed by atoms with Gasteiger partial charge in [0.1, 0.15) is 0 Å². The Labute approximate surface area is 75.1 Å². The lowest BCUT2D eigenvalue weighted by molar-refractivity contribution is 0.0742. The predicted octanol–water partition coefficient (Wildman–Crippen LogP) is 2.13. The first-order valence-electron chi connectivity index (χ1n) is 5.55. The molecule has 4 rings (SSSR count). The van der Waals surface area contributed by atoms with E-state index in [2.05, 4.69) is 11.8 Å². The SMILES string of the molecule is CCN1CCC2CC23CC(C1)C3. The van der Waals surface area contributed by atoms with E-state index in [-0.39, 0.29) is 0 Å². The number of nitrogens with zero attached hydrogens (tertiary/aromatic N) is 1. The summed E-state index contributed by atoms with van der Waals surface area (Å²) in [5, 5.41) is 0. The second kappa shape index (κ2) is 2.25. The van der Waals surface area contributed by atoms with Crippen molar-refractivity contribution in [1.29, 1.82) is 0 Å². The van der Waals surface area contributed by atoms with E-state index < -0.39 is 0 Å². The summed E-state index contributed by atoms with van der Waals surface area (Å²) >= 11 is 0. The molecule has 0 aromatic rings. The molecule has 0 radical (unpaired) electrons. The highest BCUT2D eigenvalue weighted by Gasteiger charge is 2.61. The van der Waals surface area contributed by atoms with Gasteiger partial charge in [-0.1, -0.05) is 6.92 Å². The molecule has 0 amide bonds. The summed E-state index contributed by atoms with van der Waals surface area (Å²) in [5.74, 6) is 2.22. The summed E-state index contributed by atoms with van der Waals surface area (Å²) < 4.78 is 0. The van der Waals surface area contributed by atoms with Gasteiger partial charge in [0.25, 0.3) is 0 Å². The lowest BCUT2D eigenvalue weighted by Gasteiger charge is -2.42. The van der Waals surface area contributed by atoms with Gasteiger partial charge < -0.3 is 4.90 Å². The maximum Gasteiger partial charge on any atom is 0.000996 e. The summed E-state index contributed by atoms with van der Waals surface area (Å²) in [6.07, 6.45) is 6.24. The second-order valence-corrected chi connectivity index (χ2v) is 5.22. The molecule has 2 aliphatic carbocycles. The van der Waals surface area contributed by atoms with Crippen LogP contribution in [0.1, 0.15) is 32.6 Å². The fourth-order valence-electron chi connectivity index (χ4n) is 3.64. The van der Waals surface area contributed by atoms with Crippen LogP contribution in [0, 0.1) is 17.3 Å². The van der Waals surface area contributed by atoms with E-state index in [4.69, 9.17) is 0 Å². The zero-order chi connectivity index (χ0) is 8.18. The molecule has 2 saturated carbocycles. The van der Waals surface area contributed by atoms with E-state index in [1.165, 1.54) is 26.1 Å². The molecule has 2 heterocycles. The van der Waals surface area contributed by atoms with Gasteiger partial charge in [-0.25, -0.2) is 0 Å². The number of fused-ring (bicyclic) bond motifs is 3. The van der Waals surface area contributed by atoms with E-state index in [0.717, 1.165) is 17.3 Å². The molecular formula is C11H19N. The number of rotatable bonds is 1. The van der Waals surface area contributed by atoms with Gasteiger partial charge in [0, 0.05) is 6.54 Å². The summed E-state index contributed by atoms with van der Waals surface area (Å²) in [4.78, 5) is 2.66. The smallest absolute Gasteiger partial charge is 0.000996 e. The second-order valence-electron chi connectivity index (χ2n) is 5.22. The van der Waals surface area contributed by atoms with E-state index in [1.807, 2.05) is 0 Å². The highest BCUT2D eigenvalue weighted by Crippen LogP contribution is 2.69. The van der Waals surface area contributed by atoms with Crippen molar-refractivity contribution in [1.82, 2.24) is 4.90 Å². The molecule has 1 spiro atoms. The van der Waals surface area contributed by atoms with Crippen LogP contribution in [-0.2, 0) is 0 Å². The monoisotopic (exact) mass is 165 g/mol.